The molecule has 0 saturated carbocycles. The fourth-order valence-corrected chi connectivity index (χ4v) is 2.75. The van der Waals surface area contributed by atoms with Crippen LogP contribution in [0.3, 0.4) is 0 Å². The van der Waals surface area contributed by atoms with E-state index in [9.17, 15) is 8.42 Å². The highest BCUT2D eigenvalue weighted by Gasteiger charge is 2.17. The van der Waals surface area contributed by atoms with Crippen molar-refractivity contribution in [2.75, 3.05) is 4.72 Å². The third-order valence-corrected chi connectivity index (χ3v) is 3.83. The minimum Gasteiger partial charge on any atom is -0.334 e. The summed E-state index contributed by atoms with van der Waals surface area (Å²) in [6.45, 7) is 0. The molecule has 2 N–H and O–H groups in total. The number of fused-ring (bicyclic) bond motifs is 1. The SMILES string of the molecule is O=S(=O)(Nc1cccc2cccnc12)c1ncc[nH]1. The number of nitrogens with zero attached hydrogens (tertiary/aromatic N) is 2. The molecule has 19 heavy (non-hydrogen) atoms. The Labute approximate surface area is 109 Å². The van der Waals surface area contributed by atoms with E-state index in [1.165, 1.54) is 12.4 Å². The molecule has 3 aromatic rings. The summed E-state index contributed by atoms with van der Waals surface area (Å²) < 4.78 is 26.6. The Morgan fingerprint density at radius 2 is 1.89 bits per heavy atom. The minimum absolute atomic E-state index is 0.125. The van der Waals surface area contributed by atoms with Gasteiger partial charge in [-0.2, -0.15) is 8.42 Å². The number of pyridine rings is 1. The van der Waals surface area contributed by atoms with Crippen molar-refractivity contribution >= 4 is 26.6 Å². The Bertz CT molecular complexity index is 807. The van der Waals surface area contributed by atoms with Crippen molar-refractivity contribution < 1.29 is 8.42 Å². The molecule has 0 saturated heterocycles. The number of imidazole rings is 1. The predicted octanol–water partition coefficient (Wildman–Crippen LogP) is 1.76. The number of sulfonamides is 1. The van der Waals surface area contributed by atoms with Gasteiger partial charge in [0.25, 0.3) is 10.0 Å². The summed E-state index contributed by atoms with van der Waals surface area (Å²) in [6, 6.07) is 8.97. The Hall–Kier alpha value is -2.41. The first kappa shape index (κ1) is 11.7. The molecule has 0 radical (unpaired) electrons. The van der Waals surface area contributed by atoms with E-state index >= 15 is 0 Å². The zero-order valence-corrected chi connectivity index (χ0v) is 10.6. The molecule has 0 bridgehead atoms. The second kappa shape index (κ2) is 4.36. The summed E-state index contributed by atoms with van der Waals surface area (Å²) in [6.07, 6.45) is 4.46. The van der Waals surface area contributed by atoms with E-state index in [1.54, 1.807) is 24.4 Å². The van der Waals surface area contributed by atoms with Gasteiger partial charge in [0.15, 0.2) is 0 Å². The maximum Gasteiger partial charge on any atom is 0.295 e. The molecule has 0 spiro atoms. The lowest BCUT2D eigenvalue weighted by Gasteiger charge is -2.08. The number of hydrogen-bond donors (Lipinski definition) is 2. The van der Waals surface area contributed by atoms with Gasteiger partial charge in [0, 0.05) is 24.0 Å². The lowest BCUT2D eigenvalue weighted by molar-refractivity contribution is 0.594. The highest BCUT2D eigenvalue weighted by Crippen LogP contribution is 2.22. The van der Waals surface area contributed by atoms with Crippen molar-refractivity contribution in [3.63, 3.8) is 0 Å². The normalized spacial score (nSPS) is 11.6. The molecule has 0 aliphatic carbocycles. The van der Waals surface area contributed by atoms with Crippen LogP contribution in [-0.2, 0) is 10.0 Å². The fraction of sp³-hybridized carbons (Fsp3) is 0. The van der Waals surface area contributed by atoms with Gasteiger partial charge >= 0.3 is 0 Å². The largest absolute Gasteiger partial charge is 0.334 e. The second-order valence-corrected chi connectivity index (χ2v) is 5.48. The number of rotatable bonds is 3. The number of nitrogens with one attached hydrogen (secondary N) is 2. The first-order valence-electron chi connectivity index (χ1n) is 5.53. The van der Waals surface area contributed by atoms with Gasteiger partial charge in [-0.05, 0) is 12.1 Å². The smallest absolute Gasteiger partial charge is 0.295 e. The number of aromatic amines is 1. The van der Waals surface area contributed by atoms with E-state index in [4.69, 9.17) is 0 Å². The van der Waals surface area contributed by atoms with Gasteiger partial charge in [0.2, 0.25) is 5.16 Å². The number of H-pyrrole nitrogens is 1. The van der Waals surface area contributed by atoms with E-state index in [0.29, 0.717) is 11.2 Å². The Kier molecular flexibility index (Phi) is 2.68. The molecule has 0 atom stereocenters. The minimum atomic E-state index is -3.72. The van der Waals surface area contributed by atoms with Gasteiger partial charge in [-0.3, -0.25) is 9.71 Å². The van der Waals surface area contributed by atoms with Crippen LogP contribution in [0.5, 0.6) is 0 Å². The molecule has 2 heterocycles. The van der Waals surface area contributed by atoms with Crippen molar-refractivity contribution in [3.05, 3.63) is 48.9 Å². The quantitative estimate of drug-likeness (QED) is 0.761. The first-order valence-corrected chi connectivity index (χ1v) is 7.01. The number of benzene rings is 1. The van der Waals surface area contributed by atoms with Crippen LogP contribution in [0, 0.1) is 0 Å². The molecule has 0 amide bonds. The molecule has 0 aliphatic heterocycles. The summed E-state index contributed by atoms with van der Waals surface area (Å²) in [5.74, 6) is 0. The van der Waals surface area contributed by atoms with Crippen molar-refractivity contribution in [2.24, 2.45) is 0 Å². The molecule has 1 aromatic carbocycles. The van der Waals surface area contributed by atoms with Gasteiger partial charge in [-0.25, -0.2) is 4.98 Å². The Morgan fingerprint density at radius 3 is 2.68 bits per heavy atom. The van der Waals surface area contributed by atoms with Gasteiger partial charge in [-0.1, -0.05) is 18.2 Å². The summed E-state index contributed by atoms with van der Waals surface area (Å²) in [5, 5.41) is 0.738. The van der Waals surface area contributed by atoms with Gasteiger partial charge in [0.05, 0.1) is 11.2 Å². The molecular formula is C12H10N4O2S. The topological polar surface area (TPSA) is 87.7 Å². The zero-order valence-electron chi connectivity index (χ0n) is 9.74. The average molecular weight is 274 g/mol. The average Bonchev–Trinajstić information content (AvgIpc) is 2.93. The van der Waals surface area contributed by atoms with Crippen LogP contribution in [0.4, 0.5) is 5.69 Å². The first-order chi connectivity index (χ1) is 9.17. The van der Waals surface area contributed by atoms with E-state index < -0.39 is 10.0 Å². The lowest BCUT2D eigenvalue weighted by Crippen LogP contribution is -2.14. The van der Waals surface area contributed by atoms with Crippen LogP contribution >= 0.6 is 0 Å². The molecule has 0 aliphatic rings. The molecule has 3 rings (SSSR count). The molecule has 2 aromatic heterocycles. The Balaban J connectivity index is 2.07. The van der Waals surface area contributed by atoms with Crippen molar-refractivity contribution in [1.82, 2.24) is 15.0 Å². The van der Waals surface area contributed by atoms with Crippen LogP contribution < -0.4 is 4.72 Å². The molecular weight excluding hydrogens is 264 g/mol. The highest BCUT2D eigenvalue weighted by atomic mass is 32.2. The number of hydrogen-bond acceptors (Lipinski definition) is 4. The van der Waals surface area contributed by atoms with Crippen LogP contribution in [0.25, 0.3) is 10.9 Å². The number of aromatic nitrogens is 3. The standard InChI is InChI=1S/C12H10N4O2S/c17-19(18,12-14-7-8-15-12)16-10-5-1-3-9-4-2-6-13-11(9)10/h1-8,16H,(H,14,15). The number of para-hydroxylation sites is 1. The van der Waals surface area contributed by atoms with Crippen molar-refractivity contribution in [3.8, 4) is 0 Å². The van der Waals surface area contributed by atoms with Gasteiger partial charge in [0.1, 0.15) is 0 Å². The Morgan fingerprint density at radius 1 is 1.05 bits per heavy atom. The fourth-order valence-electron chi connectivity index (χ4n) is 1.78. The highest BCUT2D eigenvalue weighted by molar-refractivity contribution is 7.92. The molecule has 6 nitrogen and oxygen atoms in total. The predicted molar refractivity (Wildman–Crippen MR) is 71.1 cm³/mol. The summed E-state index contributed by atoms with van der Waals surface area (Å²) in [5.41, 5.74) is 1.02. The van der Waals surface area contributed by atoms with Crippen LogP contribution in [0.2, 0.25) is 0 Å². The van der Waals surface area contributed by atoms with E-state index in [-0.39, 0.29) is 5.16 Å². The second-order valence-electron chi connectivity index (χ2n) is 3.88. The van der Waals surface area contributed by atoms with Gasteiger partial charge in [-0.15, -0.1) is 0 Å². The number of anilines is 1. The lowest BCUT2D eigenvalue weighted by atomic mass is 10.2. The molecule has 0 unspecified atom stereocenters. The summed E-state index contributed by atoms with van der Waals surface area (Å²) >= 11 is 0. The van der Waals surface area contributed by atoms with E-state index in [1.807, 2.05) is 12.1 Å². The summed E-state index contributed by atoms with van der Waals surface area (Å²) in [7, 11) is -3.72. The maximum atomic E-state index is 12.1. The monoisotopic (exact) mass is 274 g/mol. The summed E-state index contributed by atoms with van der Waals surface area (Å²) in [4.78, 5) is 10.5. The maximum absolute atomic E-state index is 12.1. The van der Waals surface area contributed by atoms with Crippen molar-refractivity contribution in [2.45, 2.75) is 5.16 Å². The van der Waals surface area contributed by atoms with E-state index in [2.05, 4.69) is 19.7 Å². The van der Waals surface area contributed by atoms with Crippen LogP contribution in [0.15, 0.2) is 54.1 Å². The van der Waals surface area contributed by atoms with Crippen LogP contribution in [0.1, 0.15) is 0 Å². The molecule has 96 valence electrons. The van der Waals surface area contributed by atoms with Crippen LogP contribution in [-0.4, -0.2) is 23.4 Å². The third-order valence-electron chi connectivity index (χ3n) is 2.60. The zero-order chi connectivity index (χ0) is 13.3. The van der Waals surface area contributed by atoms with Crippen molar-refractivity contribution in [1.29, 1.82) is 0 Å². The molecule has 7 heteroatoms. The molecule has 0 fully saturated rings. The van der Waals surface area contributed by atoms with E-state index in [0.717, 1.165) is 5.39 Å². The third kappa shape index (κ3) is 2.15. The van der Waals surface area contributed by atoms with Gasteiger partial charge < -0.3 is 4.98 Å².